The molecule has 0 saturated carbocycles. The number of nitrogen functional groups attached to an aromatic ring is 1. The third kappa shape index (κ3) is 4.10. The molecule has 0 atom stereocenters. The van der Waals surface area contributed by atoms with E-state index >= 15 is 0 Å². The minimum absolute atomic E-state index is 0.235. The van der Waals surface area contributed by atoms with E-state index in [2.05, 4.69) is 31.3 Å². The number of aromatic nitrogens is 2. The normalized spacial score (nSPS) is 10.7. The van der Waals surface area contributed by atoms with Crippen LogP contribution in [0.25, 0.3) is 0 Å². The van der Waals surface area contributed by atoms with Gasteiger partial charge in [0.1, 0.15) is 16.6 Å². The summed E-state index contributed by atoms with van der Waals surface area (Å²) < 4.78 is 6.23. The smallest absolute Gasteiger partial charge is 0.159 e. The highest BCUT2D eigenvalue weighted by molar-refractivity contribution is 9.10. The van der Waals surface area contributed by atoms with Crippen molar-refractivity contribution >= 4 is 27.6 Å². The molecule has 0 aliphatic rings. The van der Waals surface area contributed by atoms with Crippen LogP contribution in [0, 0.1) is 0 Å². The molecule has 6 nitrogen and oxygen atoms in total. The van der Waals surface area contributed by atoms with Gasteiger partial charge in [-0.2, -0.15) is 0 Å². The number of nitrogens with two attached hydrogens (primary N) is 1. The van der Waals surface area contributed by atoms with Gasteiger partial charge in [-0.15, -0.1) is 0 Å². The van der Waals surface area contributed by atoms with Crippen LogP contribution < -0.4 is 16.2 Å². The van der Waals surface area contributed by atoms with Gasteiger partial charge < -0.3 is 15.1 Å². The molecule has 0 aliphatic heterocycles. The number of halogens is 1. The molecule has 0 amide bonds. The number of hydrazine groups is 1. The summed E-state index contributed by atoms with van der Waals surface area (Å²) >= 11 is 3.41. The van der Waals surface area contributed by atoms with Crippen molar-refractivity contribution in [3.8, 4) is 0 Å². The van der Waals surface area contributed by atoms with Crippen molar-refractivity contribution < 1.29 is 4.74 Å². The Hall–Kier alpha value is -0.920. The van der Waals surface area contributed by atoms with E-state index in [0.29, 0.717) is 12.4 Å². The Morgan fingerprint density at radius 2 is 2.24 bits per heavy atom. The highest BCUT2D eigenvalue weighted by atomic mass is 79.9. The van der Waals surface area contributed by atoms with Crippen LogP contribution in [0.2, 0.25) is 0 Å². The molecule has 0 aliphatic carbocycles. The zero-order valence-corrected chi connectivity index (χ0v) is 11.9. The molecule has 0 bridgehead atoms. The van der Waals surface area contributed by atoms with Crippen LogP contribution in [-0.2, 0) is 4.74 Å². The molecule has 3 N–H and O–H groups in total. The Balaban J connectivity index is 2.65. The maximum Gasteiger partial charge on any atom is 0.159 e. The fourth-order valence-corrected chi connectivity index (χ4v) is 1.88. The average molecular weight is 304 g/mol. The van der Waals surface area contributed by atoms with Gasteiger partial charge in [-0.25, -0.2) is 15.8 Å². The van der Waals surface area contributed by atoms with Gasteiger partial charge in [0.15, 0.2) is 5.82 Å². The molecule has 0 unspecified atom stereocenters. The predicted molar refractivity (Wildman–Crippen MR) is 71.9 cm³/mol. The molecule has 0 aromatic carbocycles. The van der Waals surface area contributed by atoms with Crippen LogP contribution in [0.3, 0.4) is 0 Å². The Kier molecular flexibility index (Phi) is 5.60. The second-order valence-electron chi connectivity index (χ2n) is 3.85. The first kappa shape index (κ1) is 14.1. The van der Waals surface area contributed by atoms with Gasteiger partial charge in [0, 0.05) is 13.6 Å². The molecule has 96 valence electrons. The number of hydrogen-bond donors (Lipinski definition) is 2. The number of anilines is 2. The zero-order valence-electron chi connectivity index (χ0n) is 10.3. The third-order valence-electron chi connectivity index (χ3n) is 2.15. The van der Waals surface area contributed by atoms with E-state index in [1.807, 2.05) is 25.8 Å². The minimum atomic E-state index is 0.235. The Morgan fingerprint density at radius 1 is 1.53 bits per heavy atom. The highest BCUT2D eigenvalue weighted by Gasteiger charge is 2.11. The van der Waals surface area contributed by atoms with E-state index in [0.717, 1.165) is 16.8 Å². The van der Waals surface area contributed by atoms with Crippen molar-refractivity contribution in [1.82, 2.24) is 9.97 Å². The van der Waals surface area contributed by atoms with Crippen molar-refractivity contribution in [2.75, 3.05) is 30.5 Å². The predicted octanol–water partition coefficient (Wildman–Crippen LogP) is 1.39. The lowest BCUT2D eigenvalue weighted by molar-refractivity contribution is 0.0845. The molecule has 0 spiro atoms. The maximum absolute atomic E-state index is 5.49. The van der Waals surface area contributed by atoms with Gasteiger partial charge in [0.25, 0.3) is 0 Å². The van der Waals surface area contributed by atoms with Gasteiger partial charge in [0.2, 0.25) is 0 Å². The second kappa shape index (κ2) is 6.73. The lowest BCUT2D eigenvalue weighted by Gasteiger charge is -2.20. The molecular formula is C10H18BrN5O. The Morgan fingerprint density at radius 3 is 2.82 bits per heavy atom. The van der Waals surface area contributed by atoms with Gasteiger partial charge in [-0.05, 0) is 29.8 Å². The quantitative estimate of drug-likeness (QED) is 0.611. The van der Waals surface area contributed by atoms with Crippen molar-refractivity contribution in [1.29, 1.82) is 0 Å². The van der Waals surface area contributed by atoms with E-state index in [4.69, 9.17) is 10.6 Å². The van der Waals surface area contributed by atoms with E-state index in [9.17, 15) is 0 Å². The highest BCUT2D eigenvalue weighted by Crippen LogP contribution is 2.27. The summed E-state index contributed by atoms with van der Waals surface area (Å²) in [5.41, 5.74) is 2.51. The number of rotatable bonds is 6. The monoisotopic (exact) mass is 303 g/mol. The first-order chi connectivity index (χ1) is 8.06. The lowest BCUT2D eigenvalue weighted by atomic mass is 10.4. The summed E-state index contributed by atoms with van der Waals surface area (Å²) in [6.45, 7) is 5.42. The summed E-state index contributed by atoms with van der Waals surface area (Å²) in [5.74, 6) is 6.69. The van der Waals surface area contributed by atoms with E-state index < -0.39 is 0 Å². The van der Waals surface area contributed by atoms with Gasteiger partial charge in [-0.1, -0.05) is 0 Å². The van der Waals surface area contributed by atoms with Gasteiger partial charge in [-0.3, -0.25) is 0 Å². The largest absolute Gasteiger partial charge is 0.377 e. The molecule has 1 rings (SSSR count). The second-order valence-corrected chi connectivity index (χ2v) is 4.64. The summed E-state index contributed by atoms with van der Waals surface area (Å²) in [5, 5.41) is 0. The summed E-state index contributed by atoms with van der Waals surface area (Å²) in [6, 6.07) is 0. The van der Waals surface area contributed by atoms with Crippen molar-refractivity contribution in [2.24, 2.45) is 5.84 Å². The number of nitrogens with one attached hydrogen (secondary N) is 1. The molecule has 1 heterocycles. The van der Waals surface area contributed by atoms with E-state index in [-0.39, 0.29) is 6.10 Å². The number of nitrogens with zero attached hydrogens (tertiary/aromatic N) is 3. The maximum atomic E-state index is 5.49. The minimum Gasteiger partial charge on any atom is -0.377 e. The molecular weight excluding hydrogens is 286 g/mol. The fourth-order valence-electron chi connectivity index (χ4n) is 1.26. The van der Waals surface area contributed by atoms with Crippen molar-refractivity contribution in [3.63, 3.8) is 0 Å². The number of hydrogen-bond acceptors (Lipinski definition) is 6. The fraction of sp³-hybridized carbons (Fsp3) is 0.600. The van der Waals surface area contributed by atoms with Crippen LogP contribution in [0.5, 0.6) is 0 Å². The van der Waals surface area contributed by atoms with E-state index in [1.165, 1.54) is 6.33 Å². The molecule has 7 heteroatoms. The molecule has 17 heavy (non-hydrogen) atoms. The SMILES string of the molecule is CC(C)OCCN(C)c1ncnc(NN)c1Br. The first-order valence-electron chi connectivity index (χ1n) is 5.36. The molecule has 0 saturated heterocycles. The van der Waals surface area contributed by atoms with Crippen LogP contribution in [0.4, 0.5) is 11.6 Å². The molecule has 0 fully saturated rings. The molecule has 1 aromatic rings. The summed E-state index contributed by atoms with van der Waals surface area (Å²) in [4.78, 5) is 10.2. The Labute approximate surface area is 110 Å². The number of ether oxygens (including phenoxy) is 1. The topological polar surface area (TPSA) is 76.3 Å². The van der Waals surface area contributed by atoms with Gasteiger partial charge in [0.05, 0.1) is 12.7 Å². The van der Waals surface area contributed by atoms with Crippen molar-refractivity contribution in [2.45, 2.75) is 20.0 Å². The van der Waals surface area contributed by atoms with Crippen LogP contribution in [-0.4, -0.2) is 36.3 Å². The standard InChI is InChI=1S/C10H18BrN5O/c1-7(2)17-5-4-16(3)10-8(11)9(15-12)13-6-14-10/h6-7H,4-5,12H2,1-3H3,(H,13,14,15). The third-order valence-corrected chi connectivity index (χ3v) is 2.88. The lowest BCUT2D eigenvalue weighted by Crippen LogP contribution is -2.25. The molecule has 1 aromatic heterocycles. The van der Waals surface area contributed by atoms with Crippen LogP contribution in [0.15, 0.2) is 10.8 Å². The summed E-state index contributed by atoms with van der Waals surface area (Å²) in [6.07, 6.45) is 1.70. The first-order valence-corrected chi connectivity index (χ1v) is 6.15. The van der Waals surface area contributed by atoms with E-state index in [1.54, 1.807) is 0 Å². The molecule has 0 radical (unpaired) electrons. The van der Waals surface area contributed by atoms with Gasteiger partial charge >= 0.3 is 0 Å². The van der Waals surface area contributed by atoms with Crippen molar-refractivity contribution in [3.05, 3.63) is 10.8 Å². The summed E-state index contributed by atoms with van der Waals surface area (Å²) in [7, 11) is 1.94. The van der Waals surface area contributed by atoms with Crippen LogP contribution in [0.1, 0.15) is 13.8 Å². The number of likely N-dealkylation sites (N-methyl/N-ethyl adjacent to an activating group) is 1. The Bertz CT molecular complexity index is 361. The van der Waals surface area contributed by atoms with Crippen LogP contribution >= 0.6 is 15.9 Å². The average Bonchev–Trinajstić information content (AvgIpc) is 2.28. The zero-order chi connectivity index (χ0) is 12.8.